The fourth-order valence-corrected chi connectivity index (χ4v) is 2.41. The van der Waals surface area contributed by atoms with Crippen molar-refractivity contribution in [3.63, 3.8) is 0 Å². The summed E-state index contributed by atoms with van der Waals surface area (Å²) in [5.74, 6) is 0. The molecule has 0 bridgehead atoms. The van der Waals surface area contributed by atoms with Gasteiger partial charge in [-0.05, 0) is 44.7 Å². The van der Waals surface area contributed by atoms with Crippen LogP contribution in [0, 0.1) is 0 Å². The third-order valence-electron chi connectivity index (χ3n) is 3.09. The van der Waals surface area contributed by atoms with E-state index in [2.05, 4.69) is 24.1 Å². The molecule has 0 saturated carbocycles. The summed E-state index contributed by atoms with van der Waals surface area (Å²) < 4.78 is 0. The lowest BCUT2D eigenvalue weighted by atomic mass is 10.2. The maximum absolute atomic E-state index is 6.10. The maximum Gasteiger partial charge on any atom is 0.0465 e. The third-order valence-corrected chi connectivity index (χ3v) is 3.79. The largest absolute Gasteiger partial charge is 0.313 e. The van der Waals surface area contributed by atoms with Gasteiger partial charge < -0.3 is 10.2 Å². The summed E-state index contributed by atoms with van der Waals surface area (Å²) in [5, 5.41) is 4.86. The van der Waals surface area contributed by atoms with E-state index >= 15 is 0 Å². The Hall–Kier alpha value is -0.280. The molecule has 1 aromatic rings. The minimum Gasteiger partial charge on any atom is -0.313 e. The summed E-state index contributed by atoms with van der Waals surface area (Å²) in [6, 6.07) is 5.62. The van der Waals surface area contributed by atoms with E-state index in [1.807, 2.05) is 18.2 Å². The maximum atomic E-state index is 6.10. The van der Waals surface area contributed by atoms with E-state index in [0.717, 1.165) is 54.8 Å². The van der Waals surface area contributed by atoms with Gasteiger partial charge in [0.15, 0.2) is 0 Å². The number of rotatable bonds is 8. The van der Waals surface area contributed by atoms with E-state index in [-0.39, 0.29) is 0 Å². The molecular weight excluding hydrogens is 267 g/mol. The molecule has 0 heterocycles. The molecule has 1 aromatic carbocycles. The van der Waals surface area contributed by atoms with E-state index in [1.165, 1.54) is 0 Å². The first-order chi connectivity index (χ1) is 8.69. The van der Waals surface area contributed by atoms with Gasteiger partial charge in [0.2, 0.25) is 0 Å². The number of hydrogen-bond acceptors (Lipinski definition) is 2. The van der Waals surface area contributed by atoms with Gasteiger partial charge in [0.25, 0.3) is 0 Å². The SMILES string of the molecule is CCN(CC)CCCNCc1c(Cl)cccc1Cl. The Morgan fingerprint density at radius 2 is 1.72 bits per heavy atom. The number of nitrogens with zero attached hydrogens (tertiary/aromatic N) is 1. The second-order valence-electron chi connectivity index (χ2n) is 4.26. The summed E-state index contributed by atoms with van der Waals surface area (Å²) in [6.45, 7) is 9.48. The van der Waals surface area contributed by atoms with Crippen molar-refractivity contribution in [2.45, 2.75) is 26.8 Å². The summed E-state index contributed by atoms with van der Waals surface area (Å²) >= 11 is 12.2. The molecule has 0 aromatic heterocycles. The highest BCUT2D eigenvalue weighted by Gasteiger charge is 2.04. The Kier molecular flexibility index (Phi) is 7.68. The van der Waals surface area contributed by atoms with Gasteiger partial charge in [0, 0.05) is 22.2 Å². The standard InChI is InChI=1S/C14H22Cl2N2/c1-3-18(4-2)10-6-9-17-11-12-13(15)7-5-8-14(12)16/h5,7-8,17H,3-4,6,9-11H2,1-2H3. The number of nitrogens with one attached hydrogen (secondary N) is 1. The van der Waals surface area contributed by atoms with Crippen molar-refractivity contribution in [2.75, 3.05) is 26.2 Å². The first-order valence-corrected chi connectivity index (χ1v) is 7.30. The number of benzene rings is 1. The van der Waals surface area contributed by atoms with Gasteiger partial charge in [0.05, 0.1) is 0 Å². The van der Waals surface area contributed by atoms with Gasteiger partial charge in [0.1, 0.15) is 0 Å². The third kappa shape index (κ3) is 5.15. The molecule has 0 saturated heterocycles. The van der Waals surface area contributed by atoms with E-state index in [4.69, 9.17) is 23.2 Å². The molecule has 1 rings (SSSR count). The van der Waals surface area contributed by atoms with E-state index in [1.54, 1.807) is 0 Å². The van der Waals surface area contributed by atoms with Crippen LogP contribution in [-0.2, 0) is 6.54 Å². The van der Waals surface area contributed by atoms with E-state index in [0.29, 0.717) is 0 Å². The van der Waals surface area contributed by atoms with Crippen LogP contribution in [-0.4, -0.2) is 31.1 Å². The molecular formula is C14H22Cl2N2. The van der Waals surface area contributed by atoms with Crippen molar-refractivity contribution in [3.8, 4) is 0 Å². The Morgan fingerprint density at radius 3 is 2.28 bits per heavy atom. The first-order valence-electron chi connectivity index (χ1n) is 6.55. The van der Waals surface area contributed by atoms with Gasteiger partial charge in [-0.1, -0.05) is 43.1 Å². The summed E-state index contributed by atoms with van der Waals surface area (Å²) in [5.41, 5.74) is 0.990. The molecule has 0 radical (unpaired) electrons. The molecule has 2 nitrogen and oxygen atoms in total. The highest BCUT2D eigenvalue weighted by atomic mass is 35.5. The molecule has 0 aliphatic heterocycles. The monoisotopic (exact) mass is 288 g/mol. The lowest BCUT2D eigenvalue weighted by Gasteiger charge is -2.17. The Morgan fingerprint density at radius 1 is 1.11 bits per heavy atom. The first kappa shape index (κ1) is 15.8. The number of halogens is 2. The van der Waals surface area contributed by atoms with Gasteiger partial charge in [-0.3, -0.25) is 0 Å². The van der Waals surface area contributed by atoms with Crippen LogP contribution < -0.4 is 5.32 Å². The molecule has 1 N–H and O–H groups in total. The molecule has 0 unspecified atom stereocenters. The van der Waals surface area contributed by atoms with Crippen LogP contribution in [0.25, 0.3) is 0 Å². The van der Waals surface area contributed by atoms with Crippen LogP contribution in [0.5, 0.6) is 0 Å². The highest BCUT2D eigenvalue weighted by Crippen LogP contribution is 2.23. The molecule has 0 atom stereocenters. The Labute approximate surface area is 120 Å². The quantitative estimate of drug-likeness (QED) is 0.732. The van der Waals surface area contributed by atoms with Crippen molar-refractivity contribution in [2.24, 2.45) is 0 Å². The van der Waals surface area contributed by atoms with Crippen LogP contribution in [0.3, 0.4) is 0 Å². The minimum atomic E-state index is 0.733. The molecule has 4 heteroatoms. The lowest BCUT2D eigenvalue weighted by molar-refractivity contribution is 0.298. The molecule has 0 aliphatic carbocycles. The predicted octanol–water partition coefficient (Wildman–Crippen LogP) is 3.81. The summed E-state index contributed by atoms with van der Waals surface area (Å²) in [6.07, 6.45) is 1.14. The fourth-order valence-electron chi connectivity index (χ4n) is 1.88. The van der Waals surface area contributed by atoms with Crippen LogP contribution in [0.4, 0.5) is 0 Å². The van der Waals surface area contributed by atoms with Crippen LogP contribution in [0.15, 0.2) is 18.2 Å². The number of hydrogen-bond donors (Lipinski definition) is 1. The van der Waals surface area contributed by atoms with E-state index < -0.39 is 0 Å². The van der Waals surface area contributed by atoms with Crippen molar-refractivity contribution in [1.82, 2.24) is 10.2 Å². The van der Waals surface area contributed by atoms with Gasteiger partial charge in [-0.15, -0.1) is 0 Å². The molecule has 102 valence electrons. The van der Waals surface area contributed by atoms with Gasteiger partial charge in [-0.2, -0.15) is 0 Å². The van der Waals surface area contributed by atoms with Crippen LogP contribution >= 0.6 is 23.2 Å². The highest BCUT2D eigenvalue weighted by molar-refractivity contribution is 6.35. The predicted molar refractivity (Wildman–Crippen MR) is 80.6 cm³/mol. The zero-order chi connectivity index (χ0) is 13.4. The average Bonchev–Trinajstić information content (AvgIpc) is 2.37. The van der Waals surface area contributed by atoms with Crippen molar-refractivity contribution in [3.05, 3.63) is 33.8 Å². The lowest BCUT2D eigenvalue weighted by Crippen LogP contribution is -2.27. The van der Waals surface area contributed by atoms with Crippen LogP contribution in [0.1, 0.15) is 25.8 Å². The second kappa shape index (κ2) is 8.76. The molecule has 0 aliphatic rings. The fraction of sp³-hybridized carbons (Fsp3) is 0.571. The van der Waals surface area contributed by atoms with Crippen molar-refractivity contribution < 1.29 is 0 Å². The van der Waals surface area contributed by atoms with Gasteiger partial charge in [-0.25, -0.2) is 0 Å². The van der Waals surface area contributed by atoms with Crippen molar-refractivity contribution >= 4 is 23.2 Å². The van der Waals surface area contributed by atoms with Gasteiger partial charge >= 0.3 is 0 Å². The normalized spacial score (nSPS) is 11.2. The molecule has 0 amide bonds. The topological polar surface area (TPSA) is 15.3 Å². The molecule has 18 heavy (non-hydrogen) atoms. The Balaban J connectivity index is 2.26. The minimum absolute atomic E-state index is 0.733. The Bertz CT molecular complexity index is 331. The smallest absolute Gasteiger partial charge is 0.0465 e. The molecule has 0 fully saturated rings. The van der Waals surface area contributed by atoms with Crippen LogP contribution in [0.2, 0.25) is 10.0 Å². The summed E-state index contributed by atoms with van der Waals surface area (Å²) in [7, 11) is 0. The summed E-state index contributed by atoms with van der Waals surface area (Å²) in [4.78, 5) is 2.42. The second-order valence-corrected chi connectivity index (χ2v) is 5.07. The zero-order valence-corrected chi connectivity index (χ0v) is 12.7. The zero-order valence-electron chi connectivity index (χ0n) is 11.2. The van der Waals surface area contributed by atoms with Crippen molar-refractivity contribution in [1.29, 1.82) is 0 Å². The average molecular weight is 289 g/mol. The molecule has 0 spiro atoms. The van der Waals surface area contributed by atoms with E-state index in [9.17, 15) is 0 Å².